The first kappa shape index (κ1) is 26.4. The van der Waals surface area contributed by atoms with Gasteiger partial charge in [0.25, 0.3) is 0 Å². The highest BCUT2D eigenvalue weighted by Gasteiger charge is 2.18. The first-order valence-corrected chi connectivity index (χ1v) is 12.5. The number of hydrogen-bond donors (Lipinski definition) is 1. The number of nitrogens with zero attached hydrogens (tertiary/aromatic N) is 6. The van der Waals surface area contributed by atoms with Gasteiger partial charge in [-0.05, 0) is 61.7 Å². The normalized spacial score (nSPS) is 11.2. The monoisotopic (exact) mass is 539 g/mol. The number of carbonyl (C=O) groups is 1. The molecule has 3 heterocycles. The molecule has 0 saturated carbocycles. The summed E-state index contributed by atoms with van der Waals surface area (Å²) in [6.45, 7) is 5.95. The number of aromatic nitrogens is 6. The number of rotatable bonds is 8. The number of hydrogen-bond acceptors (Lipinski definition) is 8. The van der Waals surface area contributed by atoms with Gasteiger partial charge in [0, 0.05) is 12.1 Å². The zero-order valence-electron chi connectivity index (χ0n) is 23.1. The average molecular weight is 540 g/mol. The molecule has 0 saturated heterocycles. The molecule has 0 aliphatic rings. The molecule has 0 atom stereocenters. The first-order chi connectivity index (χ1) is 19.3. The molecular weight excluding hydrogens is 510 g/mol. The van der Waals surface area contributed by atoms with Gasteiger partial charge in [-0.3, -0.25) is 4.79 Å². The van der Waals surface area contributed by atoms with Gasteiger partial charge < -0.3 is 19.5 Å². The van der Waals surface area contributed by atoms with E-state index in [0.717, 1.165) is 16.8 Å². The predicted molar refractivity (Wildman–Crippen MR) is 152 cm³/mol. The Kier molecular flexibility index (Phi) is 7.19. The second-order valence-corrected chi connectivity index (χ2v) is 9.07. The zero-order valence-corrected chi connectivity index (χ0v) is 23.1. The van der Waals surface area contributed by atoms with Crippen LogP contribution in [0.4, 0.5) is 5.82 Å². The minimum Gasteiger partial charge on any atom is -0.493 e. The minimum absolute atomic E-state index is 0.355. The van der Waals surface area contributed by atoms with Crippen molar-refractivity contribution in [2.45, 2.75) is 20.8 Å². The quantitative estimate of drug-likeness (QED) is 0.284. The Balaban J connectivity index is 1.46. The molecule has 2 aromatic carbocycles. The molecule has 3 aromatic heterocycles. The Bertz CT molecular complexity index is 1730. The van der Waals surface area contributed by atoms with Crippen LogP contribution in [-0.4, -0.2) is 56.8 Å². The first-order valence-electron chi connectivity index (χ1n) is 12.5. The Morgan fingerprint density at radius 3 is 2.40 bits per heavy atom. The molecule has 11 nitrogen and oxygen atoms in total. The number of amides is 1. The zero-order chi connectivity index (χ0) is 28.4. The lowest BCUT2D eigenvalue weighted by atomic mass is 10.1. The summed E-state index contributed by atoms with van der Waals surface area (Å²) in [4.78, 5) is 21.9. The summed E-state index contributed by atoms with van der Waals surface area (Å²) in [5.74, 6) is 2.05. The summed E-state index contributed by atoms with van der Waals surface area (Å²) in [6.07, 6.45) is 6.25. The van der Waals surface area contributed by atoms with Crippen LogP contribution in [0.3, 0.4) is 0 Å². The summed E-state index contributed by atoms with van der Waals surface area (Å²) >= 11 is 0. The van der Waals surface area contributed by atoms with Crippen molar-refractivity contribution >= 4 is 28.8 Å². The van der Waals surface area contributed by atoms with Crippen LogP contribution in [-0.2, 0) is 4.79 Å². The number of anilines is 1. The van der Waals surface area contributed by atoms with Gasteiger partial charge in [0.2, 0.25) is 11.7 Å². The number of ether oxygens (including phenoxy) is 3. The molecular formula is C29H29N7O4. The molecule has 5 aromatic rings. The Hall–Kier alpha value is -5.19. The summed E-state index contributed by atoms with van der Waals surface area (Å²) in [5, 5.41) is 12.8. The molecule has 0 radical (unpaired) electrons. The van der Waals surface area contributed by atoms with E-state index in [-0.39, 0.29) is 5.91 Å². The second-order valence-electron chi connectivity index (χ2n) is 9.07. The van der Waals surface area contributed by atoms with E-state index in [1.807, 2.05) is 19.1 Å². The molecule has 0 unspecified atom stereocenters. The maximum absolute atomic E-state index is 13.0. The van der Waals surface area contributed by atoms with Crippen LogP contribution in [0, 0.1) is 20.8 Å². The topological polar surface area (TPSA) is 118 Å². The summed E-state index contributed by atoms with van der Waals surface area (Å²) < 4.78 is 19.5. The molecule has 0 fully saturated rings. The smallest absolute Gasteiger partial charge is 0.249 e. The Morgan fingerprint density at radius 2 is 1.70 bits per heavy atom. The highest BCUT2D eigenvalue weighted by Crippen LogP contribution is 2.38. The van der Waals surface area contributed by atoms with Gasteiger partial charge in [0.05, 0.1) is 44.3 Å². The van der Waals surface area contributed by atoms with E-state index in [9.17, 15) is 4.79 Å². The number of aryl methyl sites for hydroxylation is 2. The highest BCUT2D eigenvalue weighted by molar-refractivity contribution is 6.02. The largest absolute Gasteiger partial charge is 0.493 e. The Labute approximate surface area is 231 Å². The number of benzene rings is 2. The van der Waals surface area contributed by atoms with E-state index in [2.05, 4.69) is 45.4 Å². The van der Waals surface area contributed by atoms with Crippen molar-refractivity contribution in [3.8, 4) is 28.8 Å². The fourth-order valence-electron chi connectivity index (χ4n) is 4.43. The number of methoxy groups -OCH3 is 3. The van der Waals surface area contributed by atoms with Gasteiger partial charge in [-0.1, -0.05) is 12.1 Å². The van der Waals surface area contributed by atoms with Crippen LogP contribution in [0.15, 0.2) is 55.0 Å². The molecule has 40 heavy (non-hydrogen) atoms. The second kappa shape index (κ2) is 10.9. The van der Waals surface area contributed by atoms with Gasteiger partial charge >= 0.3 is 0 Å². The molecule has 5 rings (SSSR count). The third kappa shape index (κ3) is 4.84. The van der Waals surface area contributed by atoms with Crippen LogP contribution >= 0.6 is 0 Å². The van der Waals surface area contributed by atoms with E-state index in [1.54, 1.807) is 39.8 Å². The third-order valence-electron chi connectivity index (χ3n) is 6.55. The molecule has 1 amide bonds. The average Bonchev–Trinajstić information content (AvgIpc) is 3.55. The molecule has 0 spiro atoms. The lowest BCUT2D eigenvalue weighted by Gasteiger charge is -2.12. The maximum Gasteiger partial charge on any atom is 0.249 e. The summed E-state index contributed by atoms with van der Waals surface area (Å²) in [6, 6.07) is 11.3. The van der Waals surface area contributed by atoms with E-state index in [1.165, 1.54) is 33.7 Å². The molecule has 204 valence electrons. The van der Waals surface area contributed by atoms with E-state index >= 15 is 0 Å². The number of nitrogens with one attached hydrogen (secondary N) is 1. The van der Waals surface area contributed by atoms with Crippen LogP contribution < -0.4 is 19.5 Å². The van der Waals surface area contributed by atoms with Gasteiger partial charge in [0.15, 0.2) is 23.0 Å². The van der Waals surface area contributed by atoms with Gasteiger partial charge in [0.1, 0.15) is 12.1 Å². The van der Waals surface area contributed by atoms with Gasteiger partial charge in [-0.15, -0.1) is 0 Å². The molecule has 0 bridgehead atoms. The van der Waals surface area contributed by atoms with Crippen molar-refractivity contribution < 1.29 is 19.0 Å². The molecule has 11 heteroatoms. The van der Waals surface area contributed by atoms with E-state index in [4.69, 9.17) is 14.2 Å². The molecule has 0 aliphatic heterocycles. The van der Waals surface area contributed by atoms with Crippen molar-refractivity contribution in [1.82, 2.24) is 29.5 Å². The molecule has 1 N–H and O–H groups in total. The van der Waals surface area contributed by atoms with Crippen LogP contribution in [0.5, 0.6) is 17.2 Å². The number of carbonyl (C=O) groups excluding carboxylic acids is 1. The maximum atomic E-state index is 13.0. The summed E-state index contributed by atoms with van der Waals surface area (Å²) in [7, 11) is 4.61. The van der Waals surface area contributed by atoms with Crippen LogP contribution in [0.25, 0.3) is 28.6 Å². The van der Waals surface area contributed by atoms with Crippen LogP contribution in [0.2, 0.25) is 0 Å². The van der Waals surface area contributed by atoms with Crippen molar-refractivity contribution in [3.05, 3.63) is 77.4 Å². The van der Waals surface area contributed by atoms with Crippen molar-refractivity contribution in [3.63, 3.8) is 0 Å². The fraction of sp³-hybridized carbons (Fsp3) is 0.207. The van der Waals surface area contributed by atoms with Crippen molar-refractivity contribution in [1.29, 1.82) is 0 Å². The third-order valence-corrected chi connectivity index (χ3v) is 6.55. The predicted octanol–water partition coefficient (Wildman–Crippen LogP) is 4.60. The summed E-state index contributed by atoms with van der Waals surface area (Å²) in [5.41, 5.74) is 5.23. The minimum atomic E-state index is -0.355. The SMILES string of the molecule is COc1cc(/C=C/C(=O)Nc2cc(C)nn2-c2ncnc3c2cnn3-c2cccc(C)c2C)cc(OC)c1OC. The highest BCUT2D eigenvalue weighted by atomic mass is 16.5. The Morgan fingerprint density at radius 1 is 0.950 bits per heavy atom. The van der Waals surface area contributed by atoms with Crippen molar-refractivity contribution in [2.24, 2.45) is 0 Å². The van der Waals surface area contributed by atoms with Crippen molar-refractivity contribution in [2.75, 3.05) is 26.6 Å². The molecule has 0 aliphatic carbocycles. The number of fused-ring (bicyclic) bond motifs is 1. The standard InChI is InChI=1S/C29H29N7O4/c1-17-8-7-9-22(19(17)3)35-28-21(15-32-35)29(31-16-30-28)36-25(12-18(2)34-36)33-26(37)11-10-20-13-23(38-4)27(40-6)24(14-20)39-5/h7-16H,1-6H3,(H,33,37)/b11-10+. The van der Waals surface area contributed by atoms with Gasteiger partial charge in [-0.25, -0.2) is 14.6 Å². The van der Waals surface area contributed by atoms with E-state index < -0.39 is 0 Å². The van der Waals surface area contributed by atoms with Crippen LogP contribution in [0.1, 0.15) is 22.4 Å². The van der Waals surface area contributed by atoms with Gasteiger partial charge in [-0.2, -0.15) is 14.9 Å². The lowest BCUT2D eigenvalue weighted by Crippen LogP contribution is -2.13. The van der Waals surface area contributed by atoms with E-state index in [0.29, 0.717) is 51.2 Å². The lowest BCUT2D eigenvalue weighted by molar-refractivity contribution is -0.111. The fourth-order valence-corrected chi connectivity index (χ4v) is 4.43.